The largest absolute Gasteiger partial charge is 0.367 e. The van der Waals surface area contributed by atoms with Crippen molar-refractivity contribution in [2.45, 2.75) is 6.54 Å². The molecule has 1 aromatic carbocycles. The molecular weight excluding hydrogens is 404 g/mol. The lowest BCUT2D eigenvalue weighted by atomic mass is 10.2. The maximum atomic E-state index is 12.4. The van der Waals surface area contributed by atoms with Crippen molar-refractivity contribution in [2.75, 3.05) is 36.0 Å². The fourth-order valence-electron chi connectivity index (χ4n) is 3.34. The molecule has 4 rings (SSSR count). The maximum Gasteiger partial charge on any atom is 0.265 e. The van der Waals surface area contributed by atoms with Crippen molar-refractivity contribution < 1.29 is 4.79 Å². The standard InChI is InChI=1S/C21H21ClN6O2/c22-17-6-1-2-7-18(17)27-9-11-28(12-10-27)21-25-14-16(20(30)26-21)19(29)24-13-15-5-3-4-8-23-15/h1-8,14H,9-13H2,(H,24,29)(H,25,26,30). The SMILES string of the molecule is O=C(NCc1ccccn1)c1cnc(N2CCN(c3ccccc3Cl)CC2)[nH]c1=O. The zero-order chi connectivity index (χ0) is 20.9. The molecule has 0 spiro atoms. The number of nitrogens with zero attached hydrogens (tertiary/aromatic N) is 4. The van der Waals surface area contributed by atoms with E-state index in [1.807, 2.05) is 35.2 Å². The molecule has 9 heteroatoms. The average Bonchev–Trinajstić information content (AvgIpc) is 2.78. The number of hydrogen-bond acceptors (Lipinski definition) is 6. The summed E-state index contributed by atoms with van der Waals surface area (Å²) in [5.74, 6) is -0.0235. The highest BCUT2D eigenvalue weighted by Gasteiger charge is 2.21. The Morgan fingerprint density at radius 2 is 1.77 bits per heavy atom. The number of hydrogen-bond donors (Lipinski definition) is 2. The highest BCUT2D eigenvalue weighted by molar-refractivity contribution is 6.33. The number of pyridine rings is 1. The van der Waals surface area contributed by atoms with Crippen molar-refractivity contribution in [3.8, 4) is 0 Å². The molecule has 0 radical (unpaired) electrons. The highest BCUT2D eigenvalue weighted by atomic mass is 35.5. The summed E-state index contributed by atoms with van der Waals surface area (Å²) in [5.41, 5.74) is 1.22. The van der Waals surface area contributed by atoms with E-state index in [0.717, 1.165) is 23.8 Å². The van der Waals surface area contributed by atoms with E-state index in [9.17, 15) is 9.59 Å². The lowest BCUT2D eigenvalue weighted by Crippen LogP contribution is -2.47. The summed E-state index contributed by atoms with van der Waals surface area (Å²) in [6.45, 7) is 3.10. The van der Waals surface area contributed by atoms with Crippen LogP contribution in [0.1, 0.15) is 16.1 Å². The predicted molar refractivity (Wildman–Crippen MR) is 116 cm³/mol. The number of aromatic amines is 1. The first-order chi connectivity index (χ1) is 14.6. The van der Waals surface area contributed by atoms with Crippen LogP contribution in [0.15, 0.2) is 59.7 Å². The van der Waals surface area contributed by atoms with Gasteiger partial charge in [0.15, 0.2) is 0 Å². The van der Waals surface area contributed by atoms with E-state index in [1.54, 1.807) is 18.3 Å². The van der Waals surface area contributed by atoms with Crippen molar-refractivity contribution >= 4 is 29.1 Å². The monoisotopic (exact) mass is 424 g/mol. The molecule has 0 aliphatic carbocycles. The van der Waals surface area contributed by atoms with Gasteiger partial charge in [-0.1, -0.05) is 29.8 Å². The van der Waals surface area contributed by atoms with Gasteiger partial charge in [-0.05, 0) is 24.3 Å². The fraction of sp³-hybridized carbons (Fsp3) is 0.238. The van der Waals surface area contributed by atoms with Gasteiger partial charge in [-0.2, -0.15) is 0 Å². The molecule has 30 heavy (non-hydrogen) atoms. The van der Waals surface area contributed by atoms with Crippen LogP contribution < -0.4 is 20.7 Å². The lowest BCUT2D eigenvalue weighted by molar-refractivity contribution is 0.0948. The van der Waals surface area contributed by atoms with Crippen LogP contribution in [-0.2, 0) is 6.54 Å². The number of aromatic nitrogens is 3. The number of para-hydroxylation sites is 1. The molecule has 1 aliphatic rings. The molecule has 1 aliphatic heterocycles. The van der Waals surface area contributed by atoms with Gasteiger partial charge < -0.3 is 15.1 Å². The molecular formula is C21H21ClN6O2. The number of H-pyrrole nitrogens is 1. The minimum absolute atomic E-state index is 0.0237. The van der Waals surface area contributed by atoms with Crippen LogP contribution in [-0.4, -0.2) is 47.0 Å². The molecule has 1 saturated heterocycles. The first-order valence-electron chi connectivity index (χ1n) is 9.63. The van der Waals surface area contributed by atoms with E-state index in [-0.39, 0.29) is 12.1 Å². The Bertz CT molecular complexity index is 1080. The van der Waals surface area contributed by atoms with Crippen LogP contribution in [0.25, 0.3) is 0 Å². The summed E-state index contributed by atoms with van der Waals surface area (Å²) < 4.78 is 0. The van der Waals surface area contributed by atoms with Crippen molar-refractivity contribution in [1.82, 2.24) is 20.3 Å². The Labute approximate surface area is 178 Å². The molecule has 0 atom stereocenters. The second kappa shape index (κ2) is 8.96. The van der Waals surface area contributed by atoms with Crippen molar-refractivity contribution in [3.05, 3.63) is 81.5 Å². The van der Waals surface area contributed by atoms with Crippen LogP contribution in [0.2, 0.25) is 5.02 Å². The summed E-state index contributed by atoms with van der Waals surface area (Å²) in [6, 6.07) is 13.2. The van der Waals surface area contributed by atoms with Gasteiger partial charge in [0, 0.05) is 38.6 Å². The summed E-state index contributed by atoms with van der Waals surface area (Å²) in [5, 5.41) is 3.41. The first-order valence-corrected chi connectivity index (χ1v) is 10.0. The number of anilines is 2. The number of amides is 1. The van der Waals surface area contributed by atoms with Crippen LogP contribution >= 0.6 is 11.6 Å². The number of piperazine rings is 1. The first kappa shape index (κ1) is 19.9. The smallest absolute Gasteiger partial charge is 0.265 e. The van der Waals surface area contributed by atoms with Gasteiger partial charge in [0.1, 0.15) is 5.56 Å². The summed E-state index contributed by atoms with van der Waals surface area (Å²) in [7, 11) is 0. The summed E-state index contributed by atoms with van der Waals surface area (Å²) in [4.78, 5) is 40.1. The highest BCUT2D eigenvalue weighted by Crippen LogP contribution is 2.26. The van der Waals surface area contributed by atoms with Crippen LogP contribution in [0.4, 0.5) is 11.6 Å². The molecule has 3 aromatic rings. The molecule has 3 heterocycles. The molecule has 1 amide bonds. The van der Waals surface area contributed by atoms with Crippen LogP contribution in [0.5, 0.6) is 0 Å². The quantitative estimate of drug-likeness (QED) is 0.651. The number of halogens is 1. The molecule has 0 bridgehead atoms. The lowest BCUT2D eigenvalue weighted by Gasteiger charge is -2.36. The van der Waals surface area contributed by atoms with Gasteiger partial charge in [0.05, 0.1) is 22.9 Å². The second-order valence-electron chi connectivity index (χ2n) is 6.88. The third-order valence-electron chi connectivity index (χ3n) is 4.96. The Hall–Kier alpha value is -3.39. The van der Waals surface area contributed by atoms with Crippen molar-refractivity contribution in [1.29, 1.82) is 0 Å². The van der Waals surface area contributed by atoms with E-state index in [4.69, 9.17) is 11.6 Å². The van der Waals surface area contributed by atoms with Crippen LogP contribution in [0.3, 0.4) is 0 Å². The molecule has 2 aromatic heterocycles. The van der Waals surface area contributed by atoms with Gasteiger partial charge in [-0.25, -0.2) is 4.98 Å². The van der Waals surface area contributed by atoms with Gasteiger partial charge in [0.2, 0.25) is 5.95 Å². The van der Waals surface area contributed by atoms with Crippen LogP contribution in [0, 0.1) is 0 Å². The fourth-order valence-corrected chi connectivity index (χ4v) is 3.60. The second-order valence-corrected chi connectivity index (χ2v) is 7.29. The zero-order valence-corrected chi connectivity index (χ0v) is 17.0. The Balaban J connectivity index is 1.38. The summed E-state index contributed by atoms with van der Waals surface area (Å²) in [6.07, 6.45) is 2.97. The topological polar surface area (TPSA) is 94.2 Å². The van der Waals surface area contributed by atoms with E-state index < -0.39 is 11.5 Å². The number of carbonyl (C=O) groups excluding carboxylic acids is 1. The molecule has 0 saturated carbocycles. The minimum atomic E-state index is -0.482. The van der Waals surface area contributed by atoms with Crippen molar-refractivity contribution in [3.63, 3.8) is 0 Å². The normalized spacial score (nSPS) is 13.9. The number of carbonyl (C=O) groups is 1. The Kier molecular flexibility index (Phi) is 5.94. The summed E-state index contributed by atoms with van der Waals surface area (Å²) >= 11 is 6.29. The van der Waals surface area contributed by atoms with Gasteiger partial charge >= 0.3 is 0 Å². The van der Waals surface area contributed by atoms with Gasteiger partial charge in [-0.15, -0.1) is 0 Å². The Morgan fingerprint density at radius 1 is 1.03 bits per heavy atom. The van der Waals surface area contributed by atoms with Gasteiger partial charge in [0.25, 0.3) is 11.5 Å². The van der Waals surface area contributed by atoms with Gasteiger partial charge in [-0.3, -0.25) is 19.6 Å². The number of rotatable bonds is 5. The maximum absolute atomic E-state index is 12.4. The number of benzene rings is 1. The molecule has 154 valence electrons. The average molecular weight is 425 g/mol. The number of nitrogens with one attached hydrogen (secondary N) is 2. The predicted octanol–water partition coefficient (Wildman–Crippen LogP) is 2.07. The van der Waals surface area contributed by atoms with E-state index in [0.29, 0.717) is 24.7 Å². The van der Waals surface area contributed by atoms with Crippen molar-refractivity contribution in [2.24, 2.45) is 0 Å². The molecule has 2 N–H and O–H groups in total. The van der Waals surface area contributed by atoms with E-state index in [2.05, 4.69) is 25.2 Å². The zero-order valence-electron chi connectivity index (χ0n) is 16.2. The minimum Gasteiger partial charge on any atom is -0.367 e. The third kappa shape index (κ3) is 4.44. The molecule has 1 fully saturated rings. The van der Waals surface area contributed by atoms with E-state index >= 15 is 0 Å². The third-order valence-corrected chi connectivity index (χ3v) is 5.28. The molecule has 0 unspecified atom stereocenters. The molecule has 8 nitrogen and oxygen atoms in total. The Morgan fingerprint density at radius 3 is 2.47 bits per heavy atom. The van der Waals surface area contributed by atoms with E-state index in [1.165, 1.54) is 6.20 Å².